The van der Waals surface area contributed by atoms with Crippen molar-refractivity contribution in [2.24, 2.45) is 0 Å². The molecule has 0 unspecified atom stereocenters. The third-order valence-corrected chi connectivity index (χ3v) is 1.89. The van der Waals surface area contributed by atoms with Crippen LogP contribution in [0.4, 0.5) is 5.69 Å². The predicted molar refractivity (Wildman–Crippen MR) is 69.0 cm³/mol. The summed E-state index contributed by atoms with van der Waals surface area (Å²) >= 11 is 0. The summed E-state index contributed by atoms with van der Waals surface area (Å²) in [6.07, 6.45) is 6.60. The lowest BCUT2D eigenvalue weighted by atomic mass is 10.3. The molecule has 4 nitrogen and oxygen atoms in total. The van der Waals surface area contributed by atoms with Crippen LogP contribution >= 0.6 is 0 Å². The highest BCUT2D eigenvalue weighted by Crippen LogP contribution is 2.25. The summed E-state index contributed by atoms with van der Waals surface area (Å²) in [4.78, 5) is 7.96. The maximum absolute atomic E-state index is 5.72. The summed E-state index contributed by atoms with van der Waals surface area (Å²) in [5.41, 5.74) is 7.32. The van der Waals surface area contributed by atoms with Crippen LogP contribution in [0, 0.1) is 6.92 Å². The van der Waals surface area contributed by atoms with E-state index >= 15 is 0 Å². The third kappa shape index (κ3) is 3.75. The molecule has 2 aromatic rings. The number of hydrogen-bond donors (Lipinski definition) is 1. The molecule has 0 aliphatic carbocycles. The monoisotopic (exact) mass is 231 g/mol. The van der Waals surface area contributed by atoms with Gasteiger partial charge in [-0.2, -0.15) is 0 Å². The van der Waals surface area contributed by atoms with Gasteiger partial charge in [-0.15, -0.1) is 0 Å². The highest BCUT2D eigenvalue weighted by atomic mass is 16.5. The molecule has 4 heteroatoms. The number of nitrogens with zero attached hydrogens (tertiary/aromatic N) is 2. The molecule has 2 N–H and O–H groups in total. The number of rotatable bonds is 2. The molecule has 0 aromatic carbocycles. The summed E-state index contributed by atoms with van der Waals surface area (Å²) in [6, 6.07) is 3.58. The van der Waals surface area contributed by atoms with Crippen molar-refractivity contribution in [3.8, 4) is 11.5 Å². The van der Waals surface area contributed by atoms with E-state index in [1.807, 2.05) is 26.8 Å². The van der Waals surface area contributed by atoms with E-state index in [0.717, 1.165) is 5.56 Å². The lowest BCUT2D eigenvalue weighted by Crippen LogP contribution is -1.93. The van der Waals surface area contributed by atoms with Crippen LogP contribution in [0.2, 0.25) is 0 Å². The first-order chi connectivity index (χ1) is 8.25. The third-order valence-electron chi connectivity index (χ3n) is 1.89. The fourth-order valence-electron chi connectivity index (χ4n) is 1.19. The number of hydrogen-bond acceptors (Lipinski definition) is 4. The predicted octanol–water partition coefficient (Wildman–Crippen LogP) is 3.19. The summed E-state index contributed by atoms with van der Waals surface area (Å²) < 4.78 is 5.54. The van der Waals surface area contributed by atoms with Crippen molar-refractivity contribution in [3.63, 3.8) is 0 Å². The largest absolute Gasteiger partial charge is 0.452 e. The fraction of sp³-hybridized carbons (Fsp3) is 0.231. The molecule has 17 heavy (non-hydrogen) atoms. The number of anilines is 1. The van der Waals surface area contributed by atoms with Gasteiger partial charge in [0, 0.05) is 12.4 Å². The smallest absolute Gasteiger partial charge is 0.168 e. The molecule has 90 valence electrons. The number of nitrogen functional groups attached to an aromatic ring is 1. The number of aryl methyl sites for hydroxylation is 1. The van der Waals surface area contributed by atoms with Crippen molar-refractivity contribution in [2.75, 3.05) is 5.73 Å². The molecule has 0 aliphatic heterocycles. The molecule has 0 fully saturated rings. The second-order valence-corrected chi connectivity index (χ2v) is 3.21. The van der Waals surface area contributed by atoms with E-state index in [9.17, 15) is 0 Å². The van der Waals surface area contributed by atoms with Crippen molar-refractivity contribution >= 4 is 5.69 Å². The Kier molecular flexibility index (Phi) is 4.94. The number of ether oxygens (including phenoxy) is 1. The number of aromatic nitrogens is 2. The van der Waals surface area contributed by atoms with Crippen molar-refractivity contribution in [2.45, 2.75) is 20.8 Å². The van der Waals surface area contributed by atoms with Crippen molar-refractivity contribution < 1.29 is 4.74 Å². The molecule has 0 bridgehead atoms. The molecule has 2 aromatic heterocycles. The van der Waals surface area contributed by atoms with Crippen LogP contribution < -0.4 is 10.5 Å². The van der Waals surface area contributed by atoms with E-state index in [1.165, 1.54) is 0 Å². The van der Waals surface area contributed by atoms with Gasteiger partial charge in [-0.05, 0) is 24.6 Å². The molecule has 0 amide bonds. The zero-order valence-electron chi connectivity index (χ0n) is 10.3. The van der Waals surface area contributed by atoms with E-state index in [0.29, 0.717) is 17.2 Å². The van der Waals surface area contributed by atoms with Gasteiger partial charge in [-0.1, -0.05) is 13.8 Å². The van der Waals surface area contributed by atoms with E-state index < -0.39 is 0 Å². The molecule has 0 atom stereocenters. The van der Waals surface area contributed by atoms with Gasteiger partial charge in [0.15, 0.2) is 5.75 Å². The van der Waals surface area contributed by atoms with Crippen LogP contribution in [-0.2, 0) is 0 Å². The lowest BCUT2D eigenvalue weighted by molar-refractivity contribution is 0.480. The van der Waals surface area contributed by atoms with Gasteiger partial charge in [-0.25, -0.2) is 0 Å². The molecule has 0 saturated heterocycles. The topological polar surface area (TPSA) is 61.0 Å². The standard InChI is InChI=1S/C11H11N3O.C2H6/c1-8-4-9(6-14-5-8)15-11-7-13-3-2-10(11)12;1-2/h2-7H,1H3,(H2,12,13);1-2H3. The van der Waals surface area contributed by atoms with Crippen molar-refractivity contribution in [1.29, 1.82) is 0 Å². The Balaban J connectivity index is 0.000000686. The Hall–Kier alpha value is -2.10. The fourth-order valence-corrected chi connectivity index (χ4v) is 1.19. The average Bonchev–Trinajstić information content (AvgIpc) is 2.35. The SMILES string of the molecule is CC.Cc1cncc(Oc2cnccc2N)c1. The van der Waals surface area contributed by atoms with Crippen molar-refractivity contribution in [1.82, 2.24) is 9.97 Å². The van der Waals surface area contributed by atoms with E-state index in [-0.39, 0.29) is 0 Å². The normalized spacial score (nSPS) is 9.12. The Morgan fingerprint density at radius 1 is 1.12 bits per heavy atom. The molecule has 0 aliphatic rings. The molecule has 0 spiro atoms. The molecule has 2 heterocycles. The average molecular weight is 231 g/mol. The van der Waals surface area contributed by atoms with Crippen molar-refractivity contribution in [3.05, 3.63) is 42.5 Å². The Morgan fingerprint density at radius 2 is 1.88 bits per heavy atom. The van der Waals surface area contributed by atoms with Crippen LogP contribution in [0.25, 0.3) is 0 Å². The van der Waals surface area contributed by atoms with Gasteiger partial charge in [0.25, 0.3) is 0 Å². The van der Waals surface area contributed by atoms with Gasteiger partial charge in [0.2, 0.25) is 0 Å². The summed E-state index contributed by atoms with van der Waals surface area (Å²) in [5, 5.41) is 0. The molecule has 0 radical (unpaired) electrons. The van der Waals surface area contributed by atoms with Gasteiger partial charge in [-0.3, -0.25) is 9.97 Å². The summed E-state index contributed by atoms with van der Waals surface area (Å²) in [5.74, 6) is 1.21. The Labute approximate surface area is 101 Å². The first kappa shape index (κ1) is 13.0. The second kappa shape index (κ2) is 6.48. The molecule has 2 rings (SSSR count). The lowest BCUT2D eigenvalue weighted by Gasteiger charge is -2.07. The maximum atomic E-state index is 5.72. The van der Waals surface area contributed by atoms with Crippen LogP contribution in [-0.4, -0.2) is 9.97 Å². The van der Waals surface area contributed by atoms with Crippen LogP contribution in [0.1, 0.15) is 19.4 Å². The van der Waals surface area contributed by atoms with E-state index in [4.69, 9.17) is 10.5 Å². The minimum Gasteiger partial charge on any atom is -0.452 e. The van der Waals surface area contributed by atoms with E-state index in [2.05, 4.69) is 9.97 Å². The molecular weight excluding hydrogens is 214 g/mol. The van der Waals surface area contributed by atoms with Gasteiger partial charge in [0.05, 0.1) is 18.1 Å². The molecule has 0 saturated carbocycles. The highest BCUT2D eigenvalue weighted by molar-refractivity contribution is 5.51. The molecular formula is C13H17N3O. The zero-order chi connectivity index (χ0) is 12.7. The first-order valence-electron chi connectivity index (χ1n) is 5.55. The van der Waals surface area contributed by atoms with Crippen LogP contribution in [0.3, 0.4) is 0 Å². The van der Waals surface area contributed by atoms with Gasteiger partial charge >= 0.3 is 0 Å². The summed E-state index contributed by atoms with van der Waals surface area (Å²) in [6.45, 7) is 5.95. The van der Waals surface area contributed by atoms with Crippen LogP contribution in [0.5, 0.6) is 11.5 Å². The number of nitrogens with two attached hydrogens (primary N) is 1. The number of pyridine rings is 2. The van der Waals surface area contributed by atoms with Crippen LogP contribution in [0.15, 0.2) is 36.9 Å². The quantitative estimate of drug-likeness (QED) is 0.862. The van der Waals surface area contributed by atoms with Gasteiger partial charge in [0.1, 0.15) is 5.75 Å². The summed E-state index contributed by atoms with van der Waals surface area (Å²) in [7, 11) is 0. The van der Waals surface area contributed by atoms with E-state index in [1.54, 1.807) is 30.9 Å². The van der Waals surface area contributed by atoms with Gasteiger partial charge < -0.3 is 10.5 Å². The zero-order valence-corrected chi connectivity index (χ0v) is 10.3. The highest BCUT2D eigenvalue weighted by Gasteiger charge is 2.01. The second-order valence-electron chi connectivity index (χ2n) is 3.21. The minimum absolute atomic E-state index is 0.546. The first-order valence-corrected chi connectivity index (χ1v) is 5.55. The minimum atomic E-state index is 0.546. The Bertz CT molecular complexity index is 472. The maximum Gasteiger partial charge on any atom is 0.168 e. The Morgan fingerprint density at radius 3 is 2.53 bits per heavy atom.